The smallest absolute Gasteiger partial charge is 0.240 e. The lowest BCUT2D eigenvalue weighted by Crippen LogP contribution is -2.49. The van der Waals surface area contributed by atoms with Crippen molar-refractivity contribution in [1.29, 1.82) is 0 Å². The summed E-state index contributed by atoms with van der Waals surface area (Å²) in [4.78, 5) is 35.9. The third kappa shape index (κ3) is 6.17. The first-order valence-corrected chi connectivity index (χ1v) is 9.40. The molecule has 6 nitrogen and oxygen atoms in total. The molecule has 0 radical (unpaired) electrons. The largest absolute Gasteiger partial charge is 0.368 e. The molecule has 0 bridgehead atoms. The third-order valence-corrected chi connectivity index (χ3v) is 5.00. The molecule has 4 N–H and O–H groups in total. The lowest BCUT2D eigenvalue weighted by Gasteiger charge is -2.28. The molecule has 1 aromatic carbocycles. The van der Waals surface area contributed by atoms with Gasteiger partial charge < -0.3 is 16.4 Å². The number of nitrogens with one attached hydrogen (secondary N) is 2. The average molecular weight is 359 g/mol. The highest BCUT2D eigenvalue weighted by Crippen LogP contribution is 2.26. The number of carbonyl (C=O) groups excluding carboxylic acids is 3. The summed E-state index contributed by atoms with van der Waals surface area (Å²) in [6.45, 7) is 1.90. The minimum atomic E-state index is -0.630. The molecule has 1 fully saturated rings. The number of primary amides is 1. The van der Waals surface area contributed by atoms with Crippen LogP contribution in [0.5, 0.6) is 0 Å². The number of rotatable bonds is 8. The monoisotopic (exact) mass is 359 g/mol. The van der Waals surface area contributed by atoms with Crippen LogP contribution in [0.2, 0.25) is 0 Å². The van der Waals surface area contributed by atoms with Crippen LogP contribution < -0.4 is 16.4 Å². The molecule has 0 spiro atoms. The predicted molar refractivity (Wildman–Crippen MR) is 99.9 cm³/mol. The van der Waals surface area contributed by atoms with Crippen LogP contribution in [0.1, 0.15) is 63.5 Å². The Kier molecular flexibility index (Phi) is 7.63. The van der Waals surface area contributed by atoms with Crippen LogP contribution in [0.15, 0.2) is 30.3 Å². The fourth-order valence-corrected chi connectivity index (χ4v) is 3.50. The molecule has 0 heterocycles. The molecule has 1 aromatic rings. The lowest BCUT2D eigenvalue weighted by atomic mass is 9.83. The van der Waals surface area contributed by atoms with Gasteiger partial charge in [0.05, 0.1) is 6.04 Å². The van der Waals surface area contributed by atoms with E-state index in [0.717, 1.165) is 37.7 Å². The molecule has 0 unspecified atom stereocenters. The van der Waals surface area contributed by atoms with E-state index in [0.29, 0.717) is 0 Å². The minimum absolute atomic E-state index is 0.0455. The molecule has 2 rings (SSSR count). The number of carbonyl (C=O) groups is 3. The Morgan fingerprint density at radius 2 is 1.58 bits per heavy atom. The maximum atomic E-state index is 12.2. The van der Waals surface area contributed by atoms with Crippen molar-refractivity contribution in [3.63, 3.8) is 0 Å². The van der Waals surface area contributed by atoms with E-state index in [2.05, 4.69) is 10.6 Å². The van der Waals surface area contributed by atoms with Crippen molar-refractivity contribution in [2.75, 3.05) is 0 Å². The molecule has 3 amide bonds. The van der Waals surface area contributed by atoms with Crippen molar-refractivity contribution in [2.45, 2.75) is 64.0 Å². The summed E-state index contributed by atoms with van der Waals surface area (Å²) >= 11 is 0. The van der Waals surface area contributed by atoms with E-state index in [9.17, 15) is 14.4 Å². The maximum absolute atomic E-state index is 12.2. The van der Waals surface area contributed by atoms with Crippen molar-refractivity contribution in [3.8, 4) is 0 Å². The molecule has 1 saturated carbocycles. The van der Waals surface area contributed by atoms with Crippen molar-refractivity contribution in [1.82, 2.24) is 10.6 Å². The van der Waals surface area contributed by atoms with Gasteiger partial charge in [0.2, 0.25) is 17.7 Å². The van der Waals surface area contributed by atoms with Crippen LogP contribution in [0.25, 0.3) is 0 Å². The number of hydrogen-bond donors (Lipinski definition) is 3. The number of hydrogen-bond acceptors (Lipinski definition) is 3. The third-order valence-electron chi connectivity index (χ3n) is 5.00. The van der Waals surface area contributed by atoms with Gasteiger partial charge in [-0.3, -0.25) is 14.4 Å². The van der Waals surface area contributed by atoms with E-state index in [-0.39, 0.29) is 36.6 Å². The summed E-state index contributed by atoms with van der Waals surface area (Å²) in [5, 5.41) is 5.61. The Hall–Kier alpha value is -2.37. The van der Waals surface area contributed by atoms with Crippen molar-refractivity contribution < 1.29 is 14.4 Å². The van der Waals surface area contributed by atoms with Crippen LogP contribution in [-0.2, 0) is 14.4 Å². The number of amides is 3. The molecule has 0 saturated heterocycles. The summed E-state index contributed by atoms with van der Waals surface area (Å²) in [6, 6.07) is 8.89. The first-order chi connectivity index (χ1) is 12.5. The van der Waals surface area contributed by atoms with Crippen LogP contribution >= 0.6 is 0 Å². The second-order valence-corrected chi connectivity index (χ2v) is 7.05. The van der Waals surface area contributed by atoms with Gasteiger partial charge in [0.1, 0.15) is 6.04 Å². The van der Waals surface area contributed by atoms with Crippen LogP contribution in [0, 0.1) is 5.92 Å². The van der Waals surface area contributed by atoms with Gasteiger partial charge in [0.15, 0.2) is 0 Å². The zero-order valence-corrected chi connectivity index (χ0v) is 15.4. The summed E-state index contributed by atoms with van der Waals surface area (Å²) < 4.78 is 0. The van der Waals surface area contributed by atoms with E-state index in [1.807, 2.05) is 37.3 Å². The predicted octanol–water partition coefficient (Wildman–Crippen LogP) is 2.19. The Labute approximate surface area is 154 Å². The molecule has 1 aliphatic carbocycles. The fraction of sp³-hybridized carbons (Fsp3) is 0.550. The Morgan fingerprint density at radius 3 is 2.15 bits per heavy atom. The number of nitrogens with two attached hydrogens (primary N) is 1. The summed E-state index contributed by atoms with van der Waals surface area (Å²) in [5.41, 5.74) is 6.48. The second-order valence-electron chi connectivity index (χ2n) is 7.05. The van der Waals surface area contributed by atoms with E-state index in [1.54, 1.807) is 0 Å². The maximum Gasteiger partial charge on any atom is 0.240 e. The molecule has 0 aromatic heterocycles. The van der Waals surface area contributed by atoms with Gasteiger partial charge in [0.25, 0.3) is 0 Å². The summed E-state index contributed by atoms with van der Waals surface area (Å²) in [6.07, 6.45) is 5.22. The molecular formula is C20H29N3O3. The van der Waals surface area contributed by atoms with Gasteiger partial charge in [-0.05, 0) is 31.2 Å². The molecule has 142 valence electrons. The van der Waals surface area contributed by atoms with Crippen LogP contribution in [-0.4, -0.2) is 23.8 Å². The van der Waals surface area contributed by atoms with Crippen molar-refractivity contribution >= 4 is 17.7 Å². The van der Waals surface area contributed by atoms with Gasteiger partial charge >= 0.3 is 0 Å². The van der Waals surface area contributed by atoms with Gasteiger partial charge in [-0.2, -0.15) is 0 Å². The molecule has 26 heavy (non-hydrogen) atoms. The zero-order valence-electron chi connectivity index (χ0n) is 15.4. The van der Waals surface area contributed by atoms with Gasteiger partial charge in [-0.25, -0.2) is 0 Å². The average Bonchev–Trinajstić information content (AvgIpc) is 2.65. The summed E-state index contributed by atoms with van der Waals surface area (Å²) in [7, 11) is 0. The topological polar surface area (TPSA) is 101 Å². The van der Waals surface area contributed by atoms with Gasteiger partial charge in [-0.1, -0.05) is 49.6 Å². The molecular weight excluding hydrogens is 330 g/mol. The first-order valence-electron chi connectivity index (χ1n) is 9.40. The van der Waals surface area contributed by atoms with Gasteiger partial charge in [0, 0.05) is 12.8 Å². The van der Waals surface area contributed by atoms with Crippen molar-refractivity contribution in [3.05, 3.63) is 35.9 Å². The van der Waals surface area contributed by atoms with Crippen LogP contribution in [0.3, 0.4) is 0 Å². The lowest BCUT2D eigenvalue weighted by molar-refractivity contribution is -0.130. The zero-order chi connectivity index (χ0) is 18.9. The van der Waals surface area contributed by atoms with E-state index < -0.39 is 11.9 Å². The van der Waals surface area contributed by atoms with Crippen LogP contribution in [0.4, 0.5) is 0 Å². The van der Waals surface area contributed by atoms with E-state index in [1.165, 1.54) is 0 Å². The summed E-state index contributed by atoms with van der Waals surface area (Å²) in [5.74, 6) is -0.879. The second kappa shape index (κ2) is 9.94. The minimum Gasteiger partial charge on any atom is -0.368 e. The molecule has 1 aliphatic rings. The molecule has 6 heteroatoms. The SMILES string of the molecule is C[C@@H](NC(=O)CCC(=O)N[C@H](C(N)=O)C1CCCCC1)c1ccccc1. The van der Waals surface area contributed by atoms with Gasteiger partial charge in [-0.15, -0.1) is 0 Å². The Balaban J connectivity index is 1.77. The quantitative estimate of drug-likeness (QED) is 0.663. The molecule has 0 aliphatic heterocycles. The van der Waals surface area contributed by atoms with E-state index in [4.69, 9.17) is 5.73 Å². The number of benzene rings is 1. The fourth-order valence-electron chi connectivity index (χ4n) is 3.50. The highest BCUT2D eigenvalue weighted by Gasteiger charge is 2.29. The normalized spacial score (nSPS) is 17.1. The van der Waals surface area contributed by atoms with E-state index >= 15 is 0 Å². The highest BCUT2D eigenvalue weighted by atomic mass is 16.2. The molecule has 2 atom stereocenters. The first kappa shape index (κ1) is 19.9. The Bertz CT molecular complexity index is 612. The Morgan fingerprint density at radius 1 is 1.00 bits per heavy atom. The standard InChI is InChI=1S/C20H29N3O3/c1-14(15-8-4-2-5-9-15)22-17(24)12-13-18(25)23-19(20(21)26)16-10-6-3-7-11-16/h2,4-5,8-9,14,16,19H,3,6-7,10-13H2,1H3,(H2,21,26)(H,22,24)(H,23,25)/t14-,19+/m1/s1. The van der Waals surface area contributed by atoms with Crippen molar-refractivity contribution in [2.24, 2.45) is 11.7 Å². The highest BCUT2D eigenvalue weighted by molar-refractivity contribution is 5.88.